The van der Waals surface area contributed by atoms with Crippen LogP contribution in [0.3, 0.4) is 0 Å². The van der Waals surface area contributed by atoms with Crippen molar-refractivity contribution in [2.24, 2.45) is 0 Å². The van der Waals surface area contributed by atoms with Crippen LogP contribution in [0.5, 0.6) is 0 Å². The Morgan fingerprint density at radius 2 is 1.93 bits per heavy atom. The van der Waals surface area contributed by atoms with Gasteiger partial charge < -0.3 is 9.80 Å². The number of thiazole rings is 1. The molecule has 0 spiro atoms. The Labute approximate surface area is 168 Å². The molecular formula is C18H19F3N6OS. The van der Waals surface area contributed by atoms with E-state index in [4.69, 9.17) is 0 Å². The van der Waals surface area contributed by atoms with Crippen LogP contribution >= 0.6 is 11.3 Å². The third-order valence-electron chi connectivity index (χ3n) is 4.78. The average molecular weight is 424 g/mol. The molecule has 0 saturated carbocycles. The van der Waals surface area contributed by atoms with E-state index >= 15 is 0 Å². The fourth-order valence-corrected chi connectivity index (χ4v) is 4.32. The lowest BCUT2D eigenvalue weighted by atomic mass is 10.2. The molecule has 1 aliphatic rings. The number of hydrogen-bond donors (Lipinski definition) is 0. The Balaban J connectivity index is 1.51. The van der Waals surface area contributed by atoms with E-state index in [9.17, 15) is 18.0 Å². The van der Waals surface area contributed by atoms with Gasteiger partial charge in [-0.15, -0.1) is 0 Å². The molecule has 1 amide bonds. The molecule has 29 heavy (non-hydrogen) atoms. The fourth-order valence-electron chi connectivity index (χ4n) is 3.36. The maximum Gasteiger partial charge on any atom is 0.433 e. The summed E-state index contributed by atoms with van der Waals surface area (Å²) in [5, 5.41) is 4.61. The van der Waals surface area contributed by atoms with Crippen molar-refractivity contribution >= 4 is 32.7 Å². The van der Waals surface area contributed by atoms with Gasteiger partial charge in [-0.1, -0.05) is 11.3 Å². The molecule has 154 valence electrons. The predicted octanol–water partition coefficient (Wildman–Crippen LogP) is 3.45. The molecule has 0 N–H and O–H groups in total. The number of aromatic nitrogens is 4. The summed E-state index contributed by atoms with van der Waals surface area (Å²) < 4.78 is 41.5. The largest absolute Gasteiger partial charge is 0.433 e. The van der Waals surface area contributed by atoms with Crippen LogP contribution in [-0.2, 0) is 6.18 Å². The van der Waals surface area contributed by atoms with Crippen molar-refractivity contribution in [3.05, 3.63) is 35.8 Å². The Bertz CT molecular complexity index is 1000. The smallest absolute Gasteiger partial charge is 0.344 e. The highest BCUT2D eigenvalue weighted by Crippen LogP contribution is 2.34. The van der Waals surface area contributed by atoms with Crippen LogP contribution in [0.15, 0.2) is 24.5 Å². The predicted molar refractivity (Wildman–Crippen MR) is 103 cm³/mol. The number of halogens is 3. The second-order valence-electron chi connectivity index (χ2n) is 7.05. The van der Waals surface area contributed by atoms with E-state index in [2.05, 4.69) is 15.1 Å². The molecule has 0 radical (unpaired) electrons. The van der Waals surface area contributed by atoms with Crippen molar-refractivity contribution in [2.45, 2.75) is 26.1 Å². The zero-order valence-electron chi connectivity index (χ0n) is 15.8. The highest BCUT2D eigenvalue weighted by atomic mass is 32.1. The first-order chi connectivity index (χ1) is 13.8. The van der Waals surface area contributed by atoms with Gasteiger partial charge in [-0.3, -0.25) is 9.48 Å². The number of amides is 1. The van der Waals surface area contributed by atoms with E-state index in [1.807, 2.05) is 17.0 Å². The molecule has 0 unspecified atom stereocenters. The van der Waals surface area contributed by atoms with E-state index in [-0.39, 0.29) is 0 Å². The molecular weight excluding hydrogens is 405 g/mol. The van der Waals surface area contributed by atoms with Crippen LogP contribution < -0.4 is 4.90 Å². The molecule has 4 heterocycles. The summed E-state index contributed by atoms with van der Waals surface area (Å²) >= 11 is 1.46. The van der Waals surface area contributed by atoms with Gasteiger partial charge in [-0.05, 0) is 26.0 Å². The van der Waals surface area contributed by atoms with E-state index in [1.165, 1.54) is 16.2 Å². The summed E-state index contributed by atoms with van der Waals surface area (Å²) in [4.78, 5) is 25.9. The number of rotatable bonds is 3. The van der Waals surface area contributed by atoms with Crippen molar-refractivity contribution in [3.8, 4) is 0 Å². The molecule has 0 bridgehead atoms. The maximum absolute atomic E-state index is 13.6. The van der Waals surface area contributed by atoms with Gasteiger partial charge >= 0.3 is 6.18 Å². The fraction of sp³-hybridized carbons (Fsp3) is 0.444. The molecule has 4 rings (SSSR count). The summed E-state index contributed by atoms with van der Waals surface area (Å²) in [5.41, 5.74) is -0.581. The number of alkyl halides is 3. The van der Waals surface area contributed by atoms with E-state index in [0.29, 0.717) is 26.2 Å². The van der Waals surface area contributed by atoms with Gasteiger partial charge in [-0.2, -0.15) is 18.3 Å². The summed E-state index contributed by atoms with van der Waals surface area (Å²) in [6.07, 6.45) is -1.92. The van der Waals surface area contributed by atoms with Gasteiger partial charge in [0.15, 0.2) is 10.8 Å². The van der Waals surface area contributed by atoms with Crippen LogP contribution in [0.2, 0.25) is 0 Å². The van der Waals surface area contributed by atoms with Crippen molar-refractivity contribution in [2.75, 3.05) is 31.1 Å². The Morgan fingerprint density at radius 1 is 1.21 bits per heavy atom. The lowest BCUT2D eigenvalue weighted by molar-refractivity contribution is -0.145. The third kappa shape index (κ3) is 3.66. The molecule has 3 aromatic rings. The third-order valence-corrected chi connectivity index (χ3v) is 5.82. The van der Waals surface area contributed by atoms with Crippen molar-refractivity contribution < 1.29 is 18.0 Å². The topological polar surface area (TPSA) is 67.2 Å². The second kappa shape index (κ2) is 7.29. The van der Waals surface area contributed by atoms with Crippen LogP contribution in [0, 0.1) is 0 Å². The minimum absolute atomic E-state index is 0.312. The monoisotopic (exact) mass is 424 g/mol. The number of carbonyl (C=O) groups is 1. The quantitative estimate of drug-likeness (QED) is 0.644. The number of nitrogens with zero attached hydrogens (tertiary/aromatic N) is 6. The minimum Gasteiger partial charge on any atom is -0.344 e. The van der Waals surface area contributed by atoms with Gasteiger partial charge in [0.1, 0.15) is 10.3 Å². The summed E-state index contributed by atoms with van der Waals surface area (Å²) in [6, 6.07) is 3.20. The molecule has 1 aliphatic heterocycles. The average Bonchev–Trinajstić information content (AvgIpc) is 3.32. The first kappa shape index (κ1) is 19.6. The highest BCUT2D eigenvalue weighted by Gasteiger charge is 2.41. The summed E-state index contributed by atoms with van der Waals surface area (Å²) in [6.45, 7) is 4.80. The number of pyridine rings is 1. The van der Waals surface area contributed by atoms with Crippen molar-refractivity contribution in [1.29, 1.82) is 0 Å². The molecule has 0 atom stereocenters. The van der Waals surface area contributed by atoms with Gasteiger partial charge in [0, 0.05) is 38.4 Å². The van der Waals surface area contributed by atoms with Crippen molar-refractivity contribution in [3.63, 3.8) is 0 Å². The van der Waals surface area contributed by atoms with Gasteiger partial charge in [-0.25, -0.2) is 9.97 Å². The zero-order valence-corrected chi connectivity index (χ0v) is 16.7. The second-order valence-corrected chi connectivity index (χ2v) is 8.00. The van der Waals surface area contributed by atoms with Crippen LogP contribution in [0.1, 0.15) is 35.9 Å². The lowest BCUT2D eigenvalue weighted by Crippen LogP contribution is -2.49. The number of hydrogen-bond acceptors (Lipinski definition) is 6. The minimum atomic E-state index is -4.65. The number of fused-ring (bicyclic) bond motifs is 1. The Hall–Kier alpha value is -2.69. The van der Waals surface area contributed by atoms with Crippen molar-refractivity contribution in [1.82, 2.24) is 24.6 Å². The molecule has 7 nitrogen and oxygen atoms in total. The molecule has 0 aliphatic carbocycles. The molecule has 1 saturated heterocycles. The molecule has 3 aromatic heterocycles. The lowest BCUT2D eigenvalue weighted by Gasteiger charge is -2.34. The summed E-state index contributed by atoms with van der Waals surface area (Å²) in [7, 11) is 0. The summed E-state index contributed by atoms with van der Waals surface area (Å²) in [5.74, 6) is -0.644. The standard InChI is InChI=1S/C18H19F3N6OS/c1-11(2)27-14(18(19,20)21)12(10-23-27)16(28)25-6-8-26(9-7-25)17-24-13-4-3-5-22-15(13)29-17/h3-5,10-11H,6-9H2,1-2H3. The molecule has 11 heteroatoms. The zero-order chi connectivity index (χ0) is 20.8. The Kier molecular flexibility index (Phi) is 4.93. The SMILES string of the molecule is CC(C)n1ncc(C(=O)N2CCN(c3nc4cccnc4s3)CC2)c1C(F)(F)F. The maximum atomic E-state index is 13.6. The normalized spacial score (nSPS) is 15.5. The van der Waals surface area contributed by atoms with Gasteiger partial charge in [0.25, 0.3) is 5.91 Å². The number of anilines is 1. The van der Waals surface area contributed by atoms with Crippen LogP contribution in [-0.4, -0.2) is 56.7 Å². The molecule has 1 fully saturated rings. The highest BCUT2D eigenvalue weighted by molar-refractivity contribution is 7.21. The van der Waals surface area contributed by atoms with E-state index in [1.54, 1.807) is 20.0 Å². The number of piperazine rings is 1. The first-order valence-corrected chi connectivity index (χ1v) is 9.98. The first-order valence-electron chi connectivity index (χ1n) is 9.16. The number of carbonyl (C=O) groups excluding carboxylic acids is 1. The molecule has 0 aromatic carbocycles. The van der Waals surface area contributed by atoms with E-state index < -0.39 is 29.4 Å². The Morgan fingerprint density at radius 3 is 2.55 bits per heavy atom. The van der Waals surface area contributed by atoms with Gasteiger partial charge in [0.05, 0.1) is 11.8 Å². The van der Waals surface area contributed by atoms with Gasteiger partial charge in [0.2, 0.25) is 0 Å². The van der Waals surface area contributed by atoms with Crippen LogP contribution in [0.25, 0.3) is 10.3 Å². The van der Waals surface area contributed by atoms with Crippen LogP contribution in [0.4, 0.5) is 18.3 Å². The van der Waals surface area contributed by atoms with E-state index in [0.717, 1.165) is 26.4 Å².